The summed E-state index contributed by atoms with van der Waals surface area (Å²) in [5, 5.41) is 6.48. The molecule has 0 heterocycles. The minimum Gasteiger partial charge on any atom is -0.357 e. The molecule has 100 valence electrons. The summed E-state index contributed by atoms with van der Waals surface area (Å²) in [4.78, 5) is 4.41. The Morgan fingerprint density at radius 1 is 1.44 bits per heavy atom. The first-order valence-corrected chi connectivity index (χ1v) is 6.39. The second kappa shape index (κ2) is 7.21. The Morgan fingerprint density at radius 3 is 2.72 bits per heavy atom. The fraction of sp³-hybridized carbons (Fsp3) is 0.462. The smallest absolute Gasteiger partial charge is 0.191 e. The van der Waals surface area contributed by atoms with Gasteiger partial charge in [-0.15, -0.1) is 0 Å². The SMILES string of the molecule is CCNC(=NCc1ccc(F)c(Cl)c1)NC(C)C. The number of rotatable bonds is 4. The molecule has 18 heavy (non-hydrogen) atoms. The molecule has 1 aromatic carbocycles. The fourth-order valence-corrected chi connectivity index (χ4v) is 1.60. The van der Waals surface area contributed by atoms with Crippen molar-refractivity contribution >= 4 is 17.6 Å². The molecule has 1 aromatic rings. The lowest BCUT2D eigenvalue weighted by atomic mass is 10.2. The second-order valence-electron chi connectivity index (χ2n) is 4.24. The molecule has 0 atom stereocenters. The summed E-state index contributed by atoms with van der Waals surface area (Å²) in [6.45, 7) is 7.35. The number of nitrogens with one attached hydrogen (secondary N) is 2. The Labute approximate surface area is 112 Å². The van der Waals surface area contributed by atoms with Crippen LogP contribution in [0.15, 0.2) is 23.2 Å². The third-order valence-electron chi connectivity index (χ3n) is 2.17. The highest BCUT2D eigenvalue weighted by molar-refractivity contribution is 6.30. The van der Waals surface area contributed by atoms with Crippen LogP contribution in [0.1, 0.15) is 26.3 Å². The number of nitrogens with zero attached hydrogens (tertiary/aromatic N) is 1. The quantitative estimate of drug-likeness (QED) is 0.653. The molecule has 0 aliphatic heterocycles. The van der Waals surface area contributed by atoms with Gasteiger partial charge in [0.05, 0.1) is 11.6 Å². The molecule has 0 spiro atoms. The third-order valence-corrected chi connectivity index (χ3v) is 2.46. The van der Waals surface area contributed by atoms with Crippen LogP contribution in [0, 0.1) is 5.82 Å². The summed E-state index contributed by atoms with van der Waals surface area (Å²) in [6.07, 6.45) is 0. The predicted octanol–water partition coefficient (Wildman–Crippen LogP) is 2.94. The van der Waals surface area contributed by atoms with Crippen molar-refractivity contribution in [1.82, 2.24) is 10.6 Å². The minimum atomic E-state index is -0.406. The summed E-state index contributed by atoms with van der Waals surface area (Å²) in [5.74, 6) is 0.338. The maximum atomic E-state index is 13.0. The first-order valence-electron chi connectivity index (χ1n) is 6.01. The van der Waals surface area contributed by atoms with Gasteiger partial charge in [-0.1, -0.05) is 17.7 Å². The molecule has 0 unspecified atom stereocenters. The van der Waals surface area contributed by atoms with Crippen LogP contribution in [0.2, 0.25) is 5.02 Å². The lowest BCUT2D eigenvalue weighted by Gasteiger charge is -2.13. The van der Waals surface area contributed by atoms with Gasteiger partial charge in [-0.05, 0) is 38.5 Å². The van der Waals surface area contributed by atoms with Crippen molar-refractivity contribution in [3.05, 3.63) is 34.6 Å². The van der Waals surface area contributed by atoms with Gasteiger partial charge >= 0.3 is 0 Å². The zero-order valence-corrected chi connectivity index (χ0v) is 11.7. The maximum absolute atomic E-state index is 13.0. The summed E-state index contributed by atoms with van der Waals surface area (Å²) < 4.78 is 13.0. The Balaban J connectivity index is 2.71. The lowest BCUT2D eigenvalue weighted by molar-refractivity contribution is 0.627. The van der Waals surface area contributed by atoms with Crippen molar-refractivity contribution in [1.29, 1.82) is 0 Å². The van der Waals surface area contributed by atoms with Gasteiger partial charge in [-0.3, -0.25) is 0 Å². The van der Waals surface area contributed by atoms with E-state index >= 15 is 0 Å². The van der Waals surface area contributed by atoms with Gasteiger partial charge in [0, 0.05) is 12.6 Å². The van der Waals surface area contributed by atoms with E-state index in [1.807, 2.05) is 20.8 Å². The van der Waals surface area contributed by atoms with Gasteiger partial charge in [0.15, 0.2) is 5.96 Å². The standard InChI is InChI=1S/C13H19ClFN3/c1-4-16-13(18-9(2)3)17-8-10-5-6-12(15)11(14)7-10/h5-7,9H,4,8H2,1-3H3,(H2,16,17,18). The molecular formula is C13H19ClFN3. The Kier molecular flexibility index (Phi) is 5.92. The normalized spacial score (nSPS) is 11.8. The van der Waals surface area contributed by atoms with Crippen LogP contribution in [0.5, 0.6) is 0 Å². The van der Waals surface area contributed by atoms with E-state index in [9.17, 15) is 4.39 Å². The van der Waals surface area contributed by atoms with Gasteiger partial charge in [0.2, 0.25) is 0 Å². The third kappa shape index (κ3) is 4.92. The van der Waals surface area contributed by atoms with Crippen LogP contribution in [-0.4, -0.2) is 18.5 Å². The van der Waals surface area contributed by atoms with E-state index in [1.54, 1.807) is 12.1 Å². The molecule has 0 bridgehead atoms. The Bertz CT molecular complexity index is 419. The summed E-state index contributed by atoms with van der Waals surface area (Å²) in [5.41, 5.74) is 0.877. The van der Waals surface area contributed by atoms with Gasteiger partial charge < -0.3 is 10.6 Å². The van der Waals surface area contributed by atoms with Crippen LogP contribution in [0.3, 0.4) is 0 Å². The average molecular weight is 272 g/mol. The number of halogens is 2. The summed E-state index contributed by atoms with van der Waals surface area (Å²) >= 11 is 5.72. The highest BCUT2D eigenvalue weighted by Gasteiger charge is 2.02. The lowest BCUT2D eigenvalue weighted by Crippen LogP contribution is -2.40. The number of hydrogen-bond acceptors (Lipinski definition) is 1. The van der Waals surface area contributed by atoms with Crippen LogP contribution in [-0.2, 0) is 6.54 Å². The molecule has 0 radical (unpaired) electrons. The van der Waals surface area contributed by atoms with E-state index in [1.165, 1.54) is 6.07 Å². The van der Waals surface area contributed by atoms with E-state index in [2.05, 4.69) is 15.6 Å². The number of guanidine groups is 1. The van der Waals surface area contributed by atoms with E-state index in [4.69, 9.17) is 11.6 Å². The topological polar surface area (TPSA) is 36.4 Å². The molecule has 5 heteroatoms. The van der Waals surface area contributed by atoms with Crippen molar-refractivity contribution in [2.75, 3.05) is 6.54 Å². The van der Waals surface area contributed by atoms with Gasteiger partial charge in [0.25, 0.3) is 0 Å². The summed E-state index contributed by atoms with van der Waals surface area (Å²) in [7, 11) is 0. The van der Waals surface area contributed by atoms with Crippen molar-refractivity contribution in [2.45, 2.75) is 33.4 Å². The number of aliphatic imine (C=N–C) groups is 1. The summed E-state index contributed by atoms with van der Waals surface area (Å²) in [6, 6.07) is 4.94. The zero-order chi connectivity index (χ0) is 13.5. The molecule has 2 N–H and O–H groups in total. The van der Waals surface area contributed by atoms with Crippen molar-refractivity contribution < 1.29 is 4.39 Å². The molecular weight excluding hydrogens is 253 g/mol. The monoisotopic (exact) mass is 271 g/mol. The van der Waals surface area contributed by atoms with Crippen molar-refractivity contribution in [3.8, 4) is 0 Å². The first-order chi connectivity index (χ1) is 8.52. The van der Waals surface area contributed by atoms with Gasteiger partial charge in [-0.2, -0.15) is 0 Å². The van der Waals surface area contributed by atoms with E-state index < -0.39 is 5.82 Å². The molecule has 3 nitrogen and oxygen atoms in total. The predicted molar refractivity (Wildman–Crippen MR) is 74.5 cm³/mol. The van der Waals surface area contributed by atoms with Gasteiger partial charge in [-0.25, -0.2) is 9.38 Å². The number of hydrogen-bond donors (Lipinski definition) is 2. The molecule has 0 aromatic heterocycles. The highest BCUT2D eigenvalue weighted by atomic mass is 35.5. The zero-order valence-electron chi connectivity index (χ0n) is 10.9. The second-order valence-corrected chi connectivity index (χ2v) is 4.65. The molecule has 0 saturated carbocycles. The average Bonchev–Trinajstić information content (AvgIpc) is 2.30. The van der Waals surface area contributed by atoms with E-state index in [0.717, 1.165) is 18.1 Å². The van der Waals surface area contributed by atoms with Crippen LogP contribution >= 0.6 is 11.6 Å². The van der Waals surface area contributed by atoms with Gasteiger partial charge in [0.1, 0.15) is 5.82 Å². The molecule has 0 saturated heterocycles. The largest absolute Gasteiger partial charge is 0.357 e. The van der Waals surface area contributed by atoms with E-state index in [0.29, 0.717) is 12.6 Å². The van der Waals surface area contributed by atoms with Crippen molar-refractivity contribution in [2.24, 2.45) is 4.99 Å². The van der Waals surface area contributed by atoms with Crippen LogP contribution in [0.25, 0.3) is 0 Å². The maximum Gasteiger partial charge on any atom is 0.191 e. The van der Waals surface area contributed by atoms with Crippen LogP contribution in [0.4, 0.5) is 4.39 Å². The Hall–Kier alpha value is -1.29. The molecule has 1 rings (SSSR count). The van der Waals surface area contributed by atoms with Crippen molar-refractivity contribution in [3.63, 3.8) is 0 Å². The highest BCUT2D eigenvalue weighted by Crippen LogP contribution is 2.16. The molecule has 0 fully saturated rings. The molecule has 0 aliphatic rings. The fourth-order valence-electron chi connectivity index (χ4n) is 1.40. The molecule has 0 amide bonds. The first kappa shape index (κ1) is 14.8. The number of benzene rings is 1. The Morgan fingerprint density at radius 2 is 2.17 bits per heavy atom. The minimum absolute atomic E-state index is 0.129. The van der Waals surface area contributed by atoms with Crippen LogP contribution < -0.4 is 10.6 Å². The molecule has 0 aliphatic carbocycles. The van der Waals surface area contributed by atoms with E-state index in [-0.39, 0.29) is 5.02 Å².